The number of aryl methyl sites for hydroxylation is 1. The van der Waals surface area contributed by atoms with Crippen molar-refractivity contribution in [2.45, 2.75) is 6.92 Å². The van der Waals surface area contributed by atoms with E-state index < -0.39 is 4.92 Å². The number of aromatic nitrogens is 2. The minimum absolute atomic E-state index is 0.0290. The summed E-state index contributed by atoms with van der Waals surface area (Å²) < 4.78 is 6.03. The summed E-state index contributed by atoms with van der Waals surface area (Å²) in [5.41, 5.74) is 0.684. The van der Waals surface area contributed by atoms with Crippen LogP contribution in [0, 0.1) is 17.0 Å². The highest BCUT2D eigenvalue weighted by molar-refractivity contribution is 9.10. The molecule has 1 heterocycles. The second kappa shape index (κ2) is 5.50. The molecule has 2 rings (SSSR count). The highest BCUT2D eigenvalue weighted by atomic mass is 79.9. The number of rotatable bonds is 3. The molecule has 0 atom stereocenters. The number of nitro benzene ring substituents is 1. The summed E-state index contributed by atoms with van der Waals surface area (Å²) in [4.78, 5) is 17.9. The summed E-state index contributed by atoms with van der Waals surface area (Å²) in [5.74, 6) is 0.535. The molecule has 1 aromatic carbocycles. The first-order valence-electron chi connectivity index (χ1n) is 5.08. The van der Waals surface area contributed by atoms with Crippen LogP contribution in [0.5, 0.6) is 11.6 Å². The van der Waals surface area contributed by atoms with Crippen molar-refractivity contribution in [2.75, 3.05) is 0 Å². The molecule has 0 aliphatic heterocycles. The minimum atomic E-state index is -0.492. The summed E-state index contributed by atoms with van der Waals surface area (Å²) >= 11 is 8.89. The molecule has 0 saturated heterocycles. The third-order valence-electron chi connectivity index (χ3n) is 2.27. The summed E-state index contributed by atoms with van der Waals surface area (Å²) in [7, 11) is 0. The van der Waals surface area contributed by atoms with Crippen LogP contribution in [0.1, 0.15) is 5.56 Å². The van der Waals surface area contributed by atoms with Crippen molar-refractivity contribution in [3.63, 3.8) is 0 Å². The fraction of sp³-hybridized carbons (Fsp3) is 0.0909. The minimum Gasteiger partial charge on any atom is -0.437 e. The number of non-ortho nitro benzene ring substituents is 1. The molecule has 1 aromatic heterocycles. The Bertz CT molecular complexity index is 651. The monoisotopic (exact) mass is 343 g/mol. The Balaban J connectivity index is 2.40. The van der Waals surface area contributed by atoms with Crippen molar-refractivity contribution in [3.05, 3.63) is 49.8 Å². The molecule has 0 aliphatic carbocycles. The van der Waals surface area contributed by atoms with Crippen molar-refractivity contribution in [1.82, 2.24) is 9.97 Å². The molecular formula is C11H7BrClN3O3. The van der Waals surface area contributed by atoms with Gasteiger partial charge in [-0.1, -0.05) is 0 Å². The van der Waals surface area contributed by atoms with Crippen molar-refractivity contribution in [2.24, 2.45) is 0 Å². The standard InChI is InChI=1S/C11H7BrClN3O3/c1-6-2-3-7(16(17)18)4-9(6)19-10-8(12)5-14-11(13)15-10/h2-5H,1H3. The molecule has 0 aliphatic rings. The zero-order valence-corrected chi connectivity index (χ0v) is 12.0. The Kier molecular flexibility index (Phi) is 3.96. The molecule has 0 bridgehead atoms. The number of benzene rings is 1. The first-order chi connectivity index (χ1) is 8.97. The Morgan fingerprint density at radius 1 is 1.47 bits per heavy atom. The van der Waals surface area contributed by atoms with Gasteiger partial charge in [0.15, 0.2) is 0 Å². The van der Waals surface area contributed by atoms with Gasteiger partial charge in [0.1, 0.15) is 5.75 Å². The molecule has 0 radical (unpaired) electrons. The quantitative estimate of drug-likeness (QED) is 0.479. The average molecular weight is 345 g/mol. The highest BCUT2D eigenvalue weighted by Crippen LogP contribution is 2.32. The van der Waals surface area contributed by atoms with Gasteiger partial charge in [0.05, 0.1) is 15.5 Å². The van der Waals surface area contributed by atoms with Crippen LogP contribution in [-0.4, -0.2) is 14.9 Å². The lowest BCUT2D eigenvalue weighted by atomic mass is 10.2. The lowest BCUT2D eigenvalue weighted by Gasteiger charge is -2.08. The first kappa shape index (κ1) is 13.7. The Morgan fingerprint density at radius 3 is 2.89 bits per heavy atom. The van der Waals surface area contributed by atoms with Crippen molar-refractivity contribution >= 4 is 33.2 Å². The van der Waals surface area contributed by atoms with Crippen LogP contribution >= 0.6 is 27.5 Å². The fourth-order valence-electron chi connectivity index (χ4n) is 1.32. The Morgan fingerprint density at radius 2 is 2.21 bits per heavy atom. The van der Waals surface area contributed by atoms with E-state index >= 15 is 0 Å². The van der Waals surface area contributed by atoms with E-state index in [-0.39, 0.29) is 16.9 Å². The molecule has 0 amide bonds. The smallest absolute Gasteiger partial charge is 0.273 e. The number of halogens is 2. The van der Waals surface area contributed by atoms with Crippen LogP contribution in [0.25, 0.3) is 0 Å². The van der Waals surface area contributed by atoms with Gasteiger partial charge in [-0.05, 0) is 46.1 Å². The van der Waals surface area contributed by atoms with Crippen molar-refractivity contribution < 1.29 is 9.66 Å². The van der Waals surface area contributed by atoms with Crippen LogP contribution < -0.4 is 4.74 Å². The predicted molar refractivity (Wildman–Crippen MR) is 72.6 cm³/mol. The highest BCUT2D eigenvalue weighted by Gasteiger charge is 2.13. The SMILES string of the molecule is Cc1ccc([N+](=O)[O-])cc1Oc1nc(Cl)ncc1Br. The lowest BCUT2D eigenvalue weighted by molar-refractivity contribution is -0.384. The summed E-state index contributed by atoms with van der Waals surface area (Å²) in [6.07, 6.45) is 1.44. The van der Waals surface area contributed by atoms with E-state index in [9.17, 15) is 10.1 Å². The lowest BCUT2D eigenvalue weighted by Crippen LogP contribution is -1.95. The molecule has 19 heavy (non-hydrogen) atoms. The van der Waals surface area contributed by atoms with Crippen LogP contribution in [0.15, 0.2) is 28.9 Å². The van der Waals surface area contributed by atoms with Gasteiger partial charge >= 0.3 is 0 Å². The number of nitro groups is 1. The zero-order valence-electron chi connectivity index (χ0n) is 9.63. The summed E-state index contributed by atoms with van der Waals surface area (Å²) in [6.45, 7) is 1.77. The topological polar surface area (TPSA) is 78.2 Å². The van der Waals surface area contributed by atoms with Crippen LogP contribution in [0.4, 0.5) is 5.69 Å². The van der Waals surface area contributed by atoms with E-state index in [1.165, 1.54) is 18.3 Å². The second-order valence-corrected chi connectivity index (χ2v) is 4.79. The number of hydrogen-bond donors (Lipinski definition) is 0. The molecule has 0 N–H and O–H groups in total. The van der Waals surface area contributed by atoms with E-state index in [0.717, 1.165) is 5.56 Å². The van der Waals surface area contributed by atoms with Crippen molar-refractivity contribution in [3.8, 4) is 11.6 Å². The van der Waals surface area contributed by atoms with Crippen LogP contribution in [0.3, 0.4) is 0 Å². The fourth-order valence-corrected chi connectivity index (χ4v) is 1.72. The molecular weight excluding hydrogens is 337 g/mol. The molecule has 8 heteroatoms. The van der Waals surface area contributed by atoms with Gasteiger partial charge in [-0.15, -0.1) is 0 Å². The van der Waals surface area contributed by atoms with Gasteiger partial charge in [-0.3, -0.25) is 10.1 Å². The summed E-state index contributed by atoms with van der Waals surface area (Å²) in [6, 6.07) is 4.34. The normalized spacial score (nSPS) is 10.3. The Hall–Kier alpha value is -1.73. The molecule has 0 spiro atoms. The van der Waals surface area contributed by atoms with Crippen LogP contribution in [0.2, 0.25) is 5.28 Å². The predicted octanol–water partition coefficient (Wildman–Crippen LogP) is 3.90. The Labute approximate surface area is 121 Å². The van der Waals surface area contributed by atoms with Gasteiger partial charge in [0.25, 0.3) is 5.69 Å². The van der Waals surface area contributed by atoms with Crippen LogP contribution in [-0.2, 0) is 0 Å². The average Bonchev–Trinajstić information content (AvgIpc) is 2.36. The first-order valence-corrected chi connectivity index (χ1v) is 6.25. The second-order valence-electron chi connectivity index (χ2n) is 3.60. The number of ether oxygens (including phenoxy) is 1. The largest absolute Gasteiger partial charge is 0.437 e. The summed E-state index contributed by atoms with van der Waals surface area (Å²) in [5, 5.41) is 10.8. The van der Waals surface area contributed by atoms with E-state index in [1.54, 1.807) is 13.0 Å². The maximum Gasteiger partial charge on any atom is 0.273 e. The van der Waals surface area contributed by atoms with E-state index in [2.05, 4.69) is 25.9 Å². The molecule has 98 valence electrons. The van der Waals surface area contributed by atoms with Gasteiger partial charge < -0.3 is 4.74 Å². The van der Waals surface area contributed by atoms with E-state index in [1.807, 2.05) is 0 Å². The molecule has 0 fully saturated rings. The van der Waals surface area contributed by atoms with Gasteiger partial charge in [-0.25, -0.2) is 4.98 Å². The maximum atomic E-state index is 10.7. The van der Waals surface area contributed by atoms with Gasteiger partial charge in [-0.2, -0.15) is 4.98 Å². The zero-order chi connectivity index (χ0) is 14.0. The molecule has 6 nitrogen and oxygen atoms in total. The third-order valence-corrected chi connectivity index (χ3v) is 3.00. The van der Waals surface area contributed by atoms with Gasteiger partial charge in [0, 0.05) is 12.3 Å². The number of hydrogen-bond acceptors (Lipinski definition) is 5. The number of nitrogens with zero attached hydrogens (tertiary/aromatic N) is 3. The molecule has 0 saturated carbocycles. The third kappa shape index (κ3) is 3.18. The van der Waals surface area contributed by atoms with E-state index in [0.29, 0.717) is 10.2 Å². The maximum absolute atomic E-state index is 10.7. The molecule has 2 aromatic rings. The molecule has 0 unspecified atom stereocenters. The van der Waals surface area contributed by atoms with Crippen molar-refractivity contribution in [1.29, 1.82) is 0 Å². The van der Waals surface area contributed by atoms with Gasteiger partial charge in [0.2, 0.25) is 11.2 Å². The van der Waals surface area contributed by atoms with E-state index in [4.69, 9.17) is 16.3 Å².